The van der Waals surface area contributed by atoms with E-state index in [4.69, 9.17) is 0 Å². The summed E-state index contributed by atoms with van der Waals surface area (Å²) in [6.07, 6.45) is 4.25. The number of rotatable bonds is 4. The number of esters is 1. The van der Waals surface area contributed by atoms with Crippen molar-refractivity contribution in [1.82, 2.24) is 0 Å². The Morgan fingerprint density at radius 1 is 0.967 bits per heavy atom. The fourth-order valence-corrected chi connectivity index (χ4v) is 8.20. The molecule has 4 aliphatic carbocycles. The number of hydrogen-bond acceptors (Lipinski definition) is 6. The first-order valence-corrected chi connectivity index (χ1v) is 11.8. The lowest BCUT2D eigenvalue weighted by Gasteiger charge is -2.63. The molecule has 4 saturated carbocycles. The van der Waals surface area contributed by atoms with Gasteiger partial charge < -0.3 is 20.1 Å². The van der Waals surface area contributed by atoms with E-state index in [2.05, 4.69) is 11.7 Å². The van der Waals surface area contributed by atoms with Crippen LogP contribution in [0.3, 0.4) is 0 Å². The summed E-state index contributed by atoms with van der Waals surface area (Å²) >= 11 is 0. The SMILES string of the molecule is COC(=O)CCC(=O)[C@@H]1CC[C@@H]2[C@H]3[C@H](O)C[C@H]4C[C@@H](O)CC[C@]4(C)[C@@H]3C[C@H](O)[C@@]21C. The summed E-state index contributed by atoms with van der Waals surface area (Å²) in [6.45, 7) is 4.34. The molecule has 0 aromatic heterocycles. The molecule has 4 aliphatic rings. The molecule has 0 heterocycles. The van der Waals surface area contributed by atoms with Crippen LogP contribution in [0.15, 0.2) is 0 Å². The van der Waals surface area contributed by atoms with Gasteiger partial charge in [-0.05, 0) is 74.0 Å². The van der Waals surface area contributed by atoms with Crippen LogP contribution in [0.25, 0.3) is 0 Å². The van der Waals surface area contributed by atoms with E-state index in [1.54, 1.807) is 0 Å². The zero-order valence-corrected chi connectivity index (χ0v) is 18.5. The molecule has 4 rings (SSSR count). The highest BCUT2D eigenvalue weighted by Gasteiger charge is 2.66. The maximum absolute atomic E-state index is 13.0. The number of aliphatic hydroxyl groups excluding tert-OH is 3. The van der Waals surface area contributed by atoms with E-state index in [0.29, 0.717) is 19.3 Å². The lowest BCUT2D eigenvalue weighted by atomic mass is 9.43. The van der Waals surface area contributed by atoms with Gasteiger partial charge in [0.25, 0.3) is 0 Å². The smallest absolute Gasteiger partial charge is 0.305 e. The summed E-state index contributed by atoms with van der Waals surface area (Å²) in [6, 6.07) is 0. The van der Waals surface area contributed by atoms with Crippen molar-refractivity contribution in [3.8, 4) is 0 Å². The standard InChI is InChI=1S/C24H38O6/c1-23-9-8-14(25)10-13(23)11-19(27)22-16-5-4-15(18(26)6-7-21(29)30-3)24(16,2)20(28)12-17(22)23/h13-17,19-20,22,25,27-28H,4-12H2,1-3H3/t13-,14+,15+,16-,17-,19-,20+,22-,23+,24-/m1/s1. The zero-order valence-electron chi connectivity index (χ0n) is 18.5. The molecule has 0 spiro atoms. The molecule has 3 N–H and O–H groups in total. The van der Waals surface area contributed by atoms with Crippen LogP contribution in [-0.4, -0.2) is 52.5 Å². The van der Waals surface area contributed by atoms with Gasteiger partial charge in [-0.15, -0.1) is 0 Å². The van der Waals surface area contributed by atoms with Crippen LogP contribution in [0.5, 0.6) is 0 Å². The Morgan fingerprint density at radius 3 is 2.40 bits per heavy atom. The molecule has 170 valence electrons. The van der Waals surface area contributed by atoms with Crippen LogP contribution in [0, 0.1) is 40.4 Å². The van der Waals surface area contributed by atoms with E-state index in [9.17, 15) is 24.9 Å². The number of hydrogen-bond donors (Lipinski definition) is 3. The van der Waals surface area contributed by atoms with Gasteiger partial charge >= 0.3 is 5.97 Å². The highest BCUT2D eigenvalue weighted by atomic mass is 16.5. The Morgan fingerprint density at radius 2 is 1.70 bits per heavy atom. The molecular weight excluding hydrogens is 384 g/mol. The van der Waals surface area contributed by atoms with Crippen molar-refractivity contribution in [3.63, 3.8) is 0 Å². The molecule has 4 fully saturated rings. The Kier molecular flexibility index (Phi) is 5.82. The van der Waals surface area contributed by atoms with Gasteiger partial charge in [-0.25, -0.2) is 0 Å². The Hall–Kier alpha value is -0.980. The van der Waals surface area contributed by atoms with Crippen molar-refractivity contribution in [3.05, 3.63) is 0 Å². The normalized spacial score (nSPS) is 50.2. The highest BCUT2D eigenvalue weighted by Crippen LogP contribution is 2.67. The molecule has 0 unspecified atom stereocenters. The molecule has 0 radical (unpaired) electrons. The average Bonchev–Trinajstić information content (AvgIpc) is 3.06. The second kappa shape index (κ2) is 7.86. The van der Waals surface area contributed by atoms with Gasteiger partial charge in [0.15, 0.2) is 0 Å². The minimum atomic E-state index is -0.590. The summed E-state index contributed by atoms with van der Waals surface area (Å²) < 4.78 is 4.68. The number of fused-ring (bicyclic) bond motifs is 5. The lowest BCUT2D eigenvalue weighted by molar-refractivity contribution is -0.204. The highest BCUT2D eigenvalue weighted by molar-refractivity contribution is 5.85. The van der Waals surface area contributed by atoms with Crippen LogP contribution >= 0.6 is 0 Å². The van der Waals surface area contributed by atoms with Crippen LogP contribution in [0.2, 0.25) is 0 Å². The van der Waals surface area contributed by atoms with Crippen LogP contribution in [-0.2, 0) is 14.3 Å². The van der Waals surface area contributed by atoms with Gasteiger partial charge in [0.05, 0.1) is 31.8 Å². The van der Waals surface area contributed by atoms with Crippen molar-refractivity contribution >= 4 is 11.8 Å². The predicted octanol–water partition coefficient (Wildman–Crippen LogP) is 2.47. The molecule has 6 heteroatoms. The second-order valence-electron chi connectivity index (χ2n) is 11.0. The van der Waals surface area contributed by atoms with Crippen molar-refractivity contribution in [2.45, 2.75) is 89.9 Å². The number of carbonyl (C=O) groups is 2. The van der Waals surface area contributed by atoms with Gasteiger partial charge in [0, 0.05) is 17.8 Å². The van der Waals surface area contributed by atoms with Gasteiger partial charge in [0.2, 0.25) is 0 Å². The summed E-state index contributed by atoms with van der Waals surface area (Å²) in [5.41, 5.74) is -0.523. The van der Waals surface area contributed by atoms with E-state index in [-0.39, 0.29) is 65.7 Å². The van der Waals surface area contributed by atoms with Crippen molar-refractivity contribution in [1.29, 1.82) is 0 Å². The van der Waals surface area contributed by atoms with E-state index >= 15 is 0 Å². The topological polar surface area (TPSA) is 104 Å². The molecule has 6 nitrogen and oxygen atoms in total. The number of methoxy groups -OCH3 is 1. The maximum atomic E-state index is 13.0. The number of Topliss-reactive ketones (excluding diaryl/α,β-unsaturated/α-hetero) is 1. The molecule has 30 heavy (non-hydrogen) atoms. The molecule has 0 bridgehead atoms. The average molecular weight is 423 g/mol. The molecule has 0 saturated heterocycles. The summed E-state index contributed by atoms with van der Waals surface area (Å²) in [4.78, 5) is 24.5. The van der Waals surface area contributed by atoms with E-state index in [1.807, 2.05) is 6.92 Å². The fourth-order valence-electron chi connectivity index (χ4n) is 8.20. The molecule has 10 atom stereocenters. The summed E-state index contributed by atoms with van der Waals surface area (Å²) in [5.74, 6) is 0.0931. The fraction of sp³-hybridized carbons (Fsp3) is 0.917. The van der Waals surface area contributed by atoms with E-state index in [0.717, 1.165) is 25.7 Å². The molecule has 0 aromatic rings. The molecular formula is C24H38O6. The van der Waals surface area contributed by atoms with Crippen molar-refractivity contribution < 1.29 is 29.6 Å². The number of carbonyl (C=O) groups excluding carboxylic acids is 2. The van der Waals surface area contributed by atoms with Crippen LogP contribution < -0.4 is 0 Å². The van der Waals surface area contributed by atoms with Gasteiger partial charge in [-0.3, -0.25) is 9.59 Å². The Labute approximate surface area is 179 Å². The quantitative estimate of drug-likeness (QED) is 0.601. The second-order valence-corrected chi connectivity index (χ2v) is 11.0. The van der Waals surface area contributed by atoms with Crippen LogP contribution in [0.4, 0.5) is 0 Å². The van der Waals surface area contributed by atoms with Gasteiger partial charge in [-0.2, -0.15) is 0 Å². The van der Waals surface area contributed by atoms with Crippen molar-refractivity contribution in [2.75, 3.05) is 7.11 Å². The first-order valence-electron chi connectivity index (χ1n) is 11.8. The number of ether oxygens (including phenoxy) is 1. The minimum absolute atomic E-state index is 0.0262. The monoisotopic (exact) mass is 422 g/mol. The zero-order chi connectivity index (χ0) is 21.8. The van der Waals surface area contributed by atoms with Crippen LogP contribution in [0.1, 0.15) is 71.6 Å². The minimum Gasteiger partial charge on any atom is -0.469 e. The van der Waals surface area contributed by atoms with E-state index in [1.165, 1.54) is 7.11 Å². The first-order chi connectivity index (χ1) is 14.1. The van der Waals surface area contributed by atoms with E-state index < -0.39 is 17.6 Å². The third-order valence-corrected chi connectivity index (χ3v) is 9.96. The third-order valence-electron chi connectivity index (χ3n) is 9.96. The molecule has 0 aliphatic heterocycles. The lowest BCUT2D eigenvalue weighted by Crippen LogP contribution is -2.62. The predicted molar refractivity (Wildman–Crippen MR) is 110 cm³/mol. The first kappa shape index (κ1) is 22.2. The Balaban J connectivity index is 1.59. The van der Waals surface area contributed by atoms with Gasteiger partial charge in [-0.1, -0.05) is 13.8 Å². The summed E-state index contributed by atoms with van der Waals surface area (Å²) in [5, 5.41) is 32.8. The molecule has 0 aromatic carbocycles. The largest absolute Gasteiger partial charge is 0.469 e. The van der Waals surface area contributed by atoms with Gasteiger partial charge in [0.1, 0.15) is 5.78 Å². The number of aliphatic hydroxyl groups is 3. The summed E-state index contributed by atoms with van der Waals surface area (Å²) in [7, 11) is 1.33. The maximum Gasteiger partial charge on any atom is 0.305 e. The Bertz CT molecular complexity index is 693. The number of ketones is 1. The molecule has 0 amide bonds. The van der Waals surface area contributed by atoms with Crippen molar-refractivity contribution in [2.24, 2.45) is 40.4 Å². The third kappa shape index (κ3) is 3.25.